The number of amides is 4. The molecule has 0 bridgehead atoms. The van der Waals surface area contributed by atoms with Crippen LogP contribution in [0.15, 0.2) is 18.2 Å². The second kappa shape index (κ2) is 6.79. The molecule has 2 aliphatic heterocycles. The van der Waals surface area contributed by atoms with E-state index in [-0.39, 0.29) is 11.8 Å². The number of carbonyl (C=O) groups is 3. The van der Waals surface area contributed by atoms with E-state index >= 15 is 0 Å². The standard InChI is InChI=1S/C21H26N4O4/c1-5-9-22-18(26)12(2)25-19(27)21(3)17-14(8-10-24(21)20(25)28)15-11-13(29-4)6-7-16(15)23-17/h6-7,11-12,23H,5,8-10H2,1-4H3,(H,22,26). The molecule has 1 saturated heterocycles. The first kappa shape index (κ1) is 19.3. The molecular formula is C21H26N4O4. The third-order valence-corrected chi connectivity index (χ3v) is 6.11. The number of carbonyl (C=O) groups excluding carboxylic acids is 3. The molecule has 2 N–H and O–H groups in total. The van der Waals surface area contributed by atoms with Crippen LogP contribution in [0.25, 0.3) is 10.9 Å². The highest BCUT2D eigenvalue weighted by atomic mass is 16.5. The molecule has 4 amide bonds. The smallest absolute Gasteiger partial charge is 0.328 e. The maximum Gasteiger partial charge on any atom is 0.328 e. The van der Waals surface area contributed by atoms with Crippen molar-refractivity contribution in [3.05, 3.63) is 29.5 Å². The molecule has 8 heteroatoms. The molecule has 8 nitrogen and oxygen atoms in total. The van der Waals surface area contributed by atoms with E-state index in [1.165, 1.54) is 0 Å². The summed E-state index contributed by atoms with van der Waals surface area (Å²) in [4.78, 5) is 45.1. The first-order chi connectivity index (χ1) is 13.8. The highest BCUT2D eigenvalue weighted by Gasteiger charge is 2.60. The summed E-state index contributed by atoms with van der Waals surface area (Å²) in [7, 11) is 1.62. The molecule has 2 aromatic rings. The second-order valence-electron chi connectivity index (χ2n) is 7.79. The van der Waals surface area contributed by atoms with E-state index in [0.717, 1.165) is 33.5 Å². The van der Waals surface area contributed by atoms with Gasteiger partial charge in [0, 0.05) is 24.0 Å². The van der Waals surface area contributed by atoms with Gasteiger partial charge in [0.25, 0.3) is 5.91 Å². The van der Waals surface area contributed by atoms with Crippen LogP contribution in [-0.4, -0.2) is 58.9 Å². The minimum Gasteiger partial charge on any atom is -0.497 e. The molecule has 1 aromatic carbocycles. The number of nitrogens with one attached hydrogen (secondary N) is 2. The van der Waals surface area contributed by atoms with Crippen LogP contribution in [0.3, 0.4) is 0 Å². The van der Waals surface area contributed by atoms with Crippen LogP contribution in [-0.2, 0) is 21.5 Å². The van der Waals surface area contributed by atoms with Gasteiger partial charge >= 0.3 is 6.03 Å². The average molecular weight is 398 g/mol. The zero-order valence-electron chi connectivity index (χ0n) is 17.2. The predicted molar refractivity (Wildman–Crippen MR) is 108 cm³/mol. The van der Waals surface area contributed by atoms with Gasteiger partial charge in [-0.25, -0.2) is 9.69 Å². The van der Waals surface area contributed by atoms with E-state index in [0.29, 0.717) is 25.2 Å². The lowest BCUT2D eigenvalue weighted by Crippen LogP contribution is -2.50. The molecule has 0 aliphatic carbocycles. The summed E-state index contributed by atoms with van der Waals surface area (Å²) in [6, 6.07) is 4.44. The number of H-pyrrole nitrogens is 1. The molecule has 1 fully saturated rings. The van der Waals surface area contributed by atoms with E-state index in [2.05, 4.69) is 10.3 Å². The Morgan fingerprint density at radius 2 is 2.14 bits per heavy atom. The third-order valence-electron chi connectivity index (χ3n) is 6.11. The van der Waals surface area contributed by atoms with Crippen LogP contribution in [0, 0.1) is 0 Å². The fraction of sp³-hybridized carbons (Fsp3) is 0.476. The van der Waals surface area contributed by atoms with Crippen LogP contribution >= 0.6 is 0 Å². The molecule has 2 atom stereocenters. The fourth-order valence-corrected chi connectivity index (χ4v) is 4.43. The molecule has 2 aliphatic rings. The van der Waals surface area contributed by atoms with Gasteiger partial charge in [-0.15, -0.1) is 0 Å². The molecule has 0 radical (unpaired) electrons. The molecule has 4 rings (SSSR count). The van der Waals surface area contributed by atoms with Gasteiger partial charge in [-0.05, 0) is 50.5 Å². The lowest BCUT2D eigenvalue weighted by Gasteiger charge is -2.36. The van der Waals surface area contributed by atoms with Crippen LogP contribution in [0.1, 0.15) is 38.4 Å². The van der Waals surface area contributed by atoms with Crippen LogP contribution in [0.4, 0.5) is 4.79 Å². The van der Waals surface area contributed by atoms with Crippen molar-refractivity contribution in [3.63, 3.8) is 0 Å². The number of aromatic nitrogens is 1. The Kier molecular flexibility index (Phi) is 4.52. The number of aromatic amines is 1. The lowest BCUT2D eigenvalue weighted by molar-refractivity contribution is -0.139. The molecule has 0 spiro atoms. The number of rotatable bonds is 5. The highest BCUT2D eigenvalue weighted by molar-refractivity contribution is 6.11. The Balaban J connectivity index is 1.76. The molecule has 0 saturated carbocycles. The number of imide groups is 1. The van der Waals surface area contributed by atoms with Gasteiger partial charge in [0.1, 0.15) is 11.8 Å². The van der Waals surface area contributed by atoms with Gasteiger partial charge in [0.05, 0.1) is 12.8 Å². The summed E-state index contributed by atoms with van der Waals surface area (Å²) in [5.74, 6) is 0.0447. The van der Waals surface area contributed by atoms with Crippen molar-refractivity contribution in [1.82, 2.24) is 20.1 Å². The van der Waals surface area contributed by atoms with E-state index in [1.54, 1.807) is 25.9 Å². The van der Waals surface area contributed by atoms with Gasteiger partial charge < -0.3 is 19.9 Å². The van der Waals surface area contributed by atoms with Crippen LogP contribution in [0.2, 0.25) is 0 Å². The molecule has 2 unspecified atom stereocenters. The topological polar surface area (TPSA) is 94.7 Å². The van der Waals surface area contributed by atoms with Gasteiger partial charge in [0.15, 0.2) is 5.54 Å². The summed E-state index contributed by atoms with van der Waals surface area (Å²) in [6.07, 6.45) is 1.41. The van der Waals surface area contributed by atoms with Gasteiger partial charge in [-0.3, -0.25) is 9.59 Å². The number of benzene rings is 1. The third kappa shape index (κ3) is 2.62. The summed E-state index contributed by atoms with van der Waals surface area (Å²) < 4.78 is 5.34. The number of nitrogens with zero attached hydrogens (tertiary/aromatic N) is 2. The number of fused-ring (bicyclic) bond motifs is 5. The largest absolute Gasteiger partial charge is 0.497 e. The molecule has 1 aromatic heterocycles. The lowest BCUT2D eigenvalue weighted by atomic mass is 9.87. The van der Waals surface area contributed by atoms with E-state index in [4.69, 9.17) is 4.74 Å². The van der Waals surface area contributed by atoms with Gasteiger partial charge in [0.2, 0.25) is 5.91 Å². The zero-order chi connectivity index (χ0) is 20.9. The number of methoxy groups -OCH3 is 1. The van der Waals surface area contributed by atoms with Crippen molar-refractivity contribution in [1.29, 1.82) is 0 Å². The Hall–Kier alpha value is -3.03. The SMILES string of the molecule is CCCNC(=O)C(C)N1C(=O)N2CCc3c([nH]c4ccc(OC)cc34)C2(C)C1=O. The minimum atomic E-state index is -1.16. The van der Waals surface area contributed by atoms with E-state index in [1.807, 2.05) is 25.1 Å². The molecule has 154 valence electrons. The van der Waals surface area contributed by atoms with Crippen molar-refractivity contribution in [2.45, 2.75) is 45.2 Å². The normalized spacial score (nSPS) is 21.9. The first-order valence-electron chi connectivity index (χ1n) is 9.96. The minimum absolute atomic E-state index is 0.321. The van der Waals surface area contributed by atoms with Gasteiger partial charge in [-0.1, -0.05) is 6.92 Å². The highest BCUT2D eigenvalue weighted by Crippen LogP contribution is 2.45. The zero-order valence-corrected chi connectivity index (χ0v) is 17.2. The predicted octanol–water partition coefficient (Wildman–Crippen LogP) is 2.13. The first-order valence-corrected chi connectivity index (χ1v) is 9.96. The van der Waals surface area contributed by atoms with Crippen molar-refractivity contribution >= 4 is 28.7 Å². The number of hydrogen-bond acceptors (Lipinski definition) is 4. The van der Waals surface area contributed by atoms with Crippen LogP contribution in [0.5, 0.6) is 5.75 Å². The molecule has 29 heavy (non-hydrogen) atoms. The van der Waals surface area contributed by atoms with E-state index in [9.17, 15) is 14.4 Å². The van der Waals surface area contributed by atoms with Gasteiger partial charge in [-0.2, -0.15) is 0 Å². The Morgan fingerprint density at radius 1 is 1.38 bits per heavy atom. The maximum absolute atomic E-state index is 13.5. The number of urea groups is 1. The Morgan fingerprint density at radius 3 is 2.83 bits per heavy atom. The summed E-state index contributed by atoms with van der Waals surface area (Å²) in [5.41, 5.74) is 1.47. The quantitative estimate of drug-likeness (QED) is 0.755. The molecule has 3 heterocycles. The van der Waals surface area contributed by atoms with Crippen molar-refractivity contribution in [3.8, 4) is 5.75 Å². The Bertz CT molecular complexity index is 1010. The fourth-order valence-electron chi connectivity index (χ4n) is 4.43. The summed E-state index contributed by atoms with van der Waals surface area (Å²) in [6.45, 7) is 6.23. The van der Waals surface area contributed by atoms with Crippen molar-refractivity contribution < 1.29 is 19.1 Å². The number of ether oxygens (including phenoxy) is 1. The molecular weight excluding hydrogens is 372 g/mol. The second-order valence-corrected chi connectivity index (χ2v) is 7.79. The average Bonchev–Trinajstić information content (AvgIpc) is 3.19. The summed E-state index contributed by atoms with van der Waals surface area (Å²) >= 11 is 0. The van der Waals surface area contributed by atoms with Crippen LogP contribution < -0.4 is 10.1 Å². The van der Waals surface area contributed by atoms with Crippen molar-refractivity contribution in [2.75, 3.05) is 20.2 Å². The van der Waals surface area contributed by atoms with E-state index < -0.39 is 17.6 Å². The number of hydrogen-bond donors (Lipinski definition) is 2. The summed E-state index contributed by atoms with van der Waals surface area (Å²) in [5, 5.41) is 3.77. The monoisotopic (exact) mass is 398 g/mol. The maximum atomic E-state index is 13.5. The van der Waals surface area contributed by atoms with Crippen molar-refractivity contribution in [2.24, 2.45) is 0 Å². The Labute approximate surface area is 169 Å².